The highest BCUT2D eigenvalue weighted by Crippen LogP contribution is 2.65. The minimum Gasteiger partial charge on any atom is -0.361 e. The van der Waals surface area contributed by atoms with E-state index in [1.807, 2.05) is 6.20 Å². The van der Waals surface area contributed by atoms with E-state index in [4.69, 9.17) is 0 Å². The lowest BCUT2D eigenvalue weighted by molar-refractivity contribution is 0.120. The molecular formula is C19H26N2. The van der Waals surface area contributed by atoms with Crippen molar-refractivity contribution in [3.8, 4) is 0 Å². The van der Waals surface area contributed by atoms with Gasteiger partial charge in [0, 0.05) is 24.3 Å². The van der Waals surface area contributed by atoms with Crippen LogP contribution in [-0.4, -0.2) is 11.0 Å². The van der Waals surface area contributed by atoms with E-state index in [9.17, 15) is 0 Å². The molecule has 2 aliphatic carbocycles. The minimum atomic E-state index is 0.460. The zero-order valence-corrected chi connectivity index (χ0v) is 13.4. The molecular weight excluding hydrogens is 256 g/mol. The lowest BCUT2D eigenvalue weighted by Crippen LogP contribution is -2.44. The SMILES string of the molecule is CC1(C)C2CCC1(C)C(NCc1cccc3cc[nH]c13)C2. The topological polar surface area (TPSA) is 27.8 Å². The summed E-state index contributed by atoms with van der Waals surface area (Å²) >= 11 is 0. The molecule has 1 heterocycles. The molecule has 3 atom stereocenters. The normalized spacial score (nSPS) is 33.9. The monoisotopic (exact) mass is 282 g/mol. The standard InChI is InChI=1S/C19H26N2/c1-18(2)15-7-9-19(18,3)16(11-15)21-12-14-6-4-5-13-8-10-20-17(13)14/h4-6,8,10,15-16,20-21H,7,9,11-12H2,1-3H3. The van der Waals surface area contributed by atoms with Crippen molar-refractivity contribution >= 4 is 10.9 Å². The highest BCUT2D eigenvalue weighted by atomic mass is 15.0. The number of nitrogens with one attached hydrogen (secondary N) is 2. The van der Waals surface area contributed by atoms with Crippen molar-refractivity contribution in [1.82, 2.24) is 10.3 Å². The molecule has 0 saturated heterocycles. The molecule has 2 nitrogen and oxygen atoms in total. The molecule has 2 bridgehead atoms. The van der Waals surface area contributed by atoms with Gasteiger partial charge in [-0.15, -0.1) is 0 Å². The molecule has 2 fully saturated rings. The van der Waals surface area contributed by atoms with E-state index >= 15 is 0 Å². The van der Waals surface area contributed by atoms with Gasteiger partial charge in [-0.3, -0.25) is 0 Å². The Morgan fingerprint density at radius 3 is 2.81 bits per heavy atom. The first-order chi connectivity index (χ1) is 10.0. The highest BCUT2D eigenvalue weighted by Gasteiger charge is 2.60. The largest absolute Gasteiger partial charge is 0.361 e. The molecule has 2 saturated carbocycles. The third kappa shape index (κ3) is 1.75. The Hall–Kier alpha value is -1.28. The van der Waals surface area contributed by atoms with Crippen LogP contribution in [0.1, 0.15) is 45.6 Å². The molecule has 1 aromatic heterocycles. The van der Waals surface area contributed by atoms with Gasteiger partial charge in [0.2, 0.25) is 0 Å². The third-order valence-electron chi connectivity index (χ3n) is 7.01. The summed E-state index contributed by atoms with van der Waals surface area (Å²) in [7, 11) is 0. The molecule has 0 radical (unpaired) electrons. The number of H-pyrrole nitrogens is 1. The van der Waals surface area contributed by atoms with Gasteiger partial charge in [0.25, 0.3) is 0 Å². The molecule has 3 unspecified atom stereocenters. The van der Waals surface area contributed by atoms with Crippen LogP contribution >= 0.6 is 0 Å². The molecule has 0 amide bonds. The molecule has 2 N–H and O–H groups in total. The number of aromatic nitrogens is 1. The average Bonchev–Trinajstić information content (AvgIpc) is 3.07. The van der Waals surface area contributed by atoms with E-state index in [0.29, 0.717) is 16.9 Å². The molecule has 0 spiro atoms. The Balaban J connectivity index is 1.55. The van der Waals surface area contributed by atoms with E-state index in [2.05, 4.69) is 55.3 Å². The summed E-state index contributed by atoms with van der Waals surface area (Å²) in [4.78, 5) is 3.38. The Kier molecular flexibility index (Phi) is 2.78. The summed E-state index contributed by atoms with van der Waals surface area (Å²) in [6, 6.07) is 9.40. The second-order valence-electron chi connectivity index (χ2n) is 7.90. The van der Waals surface area contributed by atoms with Crippen LogP contribution in [0.5, 0.6) is 0 Å². The van der Waals surface area contributed by atoms with Gasteiger partial charge >= 0.3 is 0 Å². The maximum absolute atomic E-state index is 3.89. The fraction of sp³-hybridized carbons (Fsp3) is 0.579. The lowest BCUT2D eigenvalue weighted by atomic mass is 9.69. The first kappa shape index (κ1) is 13.4. The number of rotatable bonds is 3. The predicted molar refractivity (Wildman–Crippen MR) is 88.2 cm³/mol. The van der Waals surface area contributed by atoms with Gasteiger partial charge in [-0.25, -0.2) is 0 Å². The molecule has 21 heavy (non-hydrogen) atoms. The molecule has 112 valence electrons. The summed E-state index contributed by atoms with van der Waals surface area (Å²) < 4.78 is 0. The first-order valence-corrected chi connectivity index (χ1v) is 8.31. The second-order valence-corrected chi connectivity index (χ2v) is 7.90. The van der Waals surface area contributed by atoms with E-state index in [1.54, 1.807) is 0 Å². The number of aromatic amines is 1. The molecule has 4 rings (SSSR count). The number of hydrogen-bond acceptors (Lipinski definition) is 1. The molecule has 2 aliphatic rings. The summed E-state index contributed by atoms with van der Waals surface area (Å²) in [6.45, 7) is 8.45. The van der Waals surface area contributed by atoms with Crippen molar-refractivity contribution in [1.29, 1.82) is 0 Å². The Morgan fingerprint density at radius 1 is 1.24 bits per heavy atom. The van der Waals surface area contributed by atoms with E-state index in [1.165, 1.54) is 35.7 Å². The van der Waals surface area contributed by atoms with Crippen LogP contribution in [0.15, 0.2) is 30.5 Å². The summed E-state index contributed by atoms with van der Waals surface area (Å²) in [5.74, 6) is 0.904. The summed E-state index contributed by atoms with van der Waals surface area (Å²) in [5, 5.41) is 5.20. The van der Waals surface area contributed by atoms with E-state index in [0.717, 1.165) is 12.5 Å². The van der Waals surface area contributed by atoms with Crippen molar-refractivity contribution in [2.45, 2.75) is 52.6 Å². The zero-order chi connectivity index (χ0) is 14.7. The van der Waals surface area contributed by atoms with Gasteiger partial charge in [0.15, 0.2) is 0 Å². The van der Waals surface area contributed by atoms with Crippen LogP contribution in [0.3, 0.4) is 0 Å². The lowest BCUT2D eigenvalue weighted by Gasteiger charge is -2.39. The van der Waals surface area contributed by atoms with E-state index < -0.39 is 0 Å². The van der Waals surface area contributed by atoms with Crippen molar-refractivity contribution in [3.05, 3.63) is 36.0 Å². The molecule has 2 aromatic rings. The Labute approximate surface area is 127 Å². The van der Waals surface area contributed by atoms with Gasteiger partial charge < -0.3 is 10.3 Å². The second kappa shape index (κ2) is 4.36. The molecule has 2 heteroatoms. The quantitative estimate of drug-likeness (QED) is 0.854. The molecule has 0 aliphatic heterocycles. The van der Waals surface area contributed by atoms with Crippen LogP contribution in [0.4, 0.5) is 0 Å². The Morgan fingerprint density at radius 2 is 2.10 bits per heavy atom. The van der Waals surface area contributed by atoms with E-state index in [-0.39, 0.29) is 0 Å². The van der Waals surface area contributed by atoms with Crippen LogP contribution in [-0.2, 0) is 6.54 Å². The number of fused-ring (bicyclic) bond motifs is 3. The Bertz CT molecular complexity index is 669. The van der Waals surface area contributed by atoms with Crippen LogP contribution in [0.25, 0.3) is 10.9 Å². The number of para-hydroxylation sites is 1. The van der Waals surface area contributed by atoms with Crippen molar-refractivity contribution in [2.75, 3.05) is 0 Å². The summed E-state index contributed by atoms with van der Waals surface area (Å²) in [6.07, 6.45) is 6.20. The summed E-state index contributed by atoms with van der Waals surface area (Å²) in [5.41, 5.74) is 3.63. The van der Waals surface area contributed by atoms with Crippen LogP contribution in [0.2, 0.25) is 0 Å². The van der Waals surface area contributed by atoms with Gasteiger partial charge in [0.05, 0.1) is 0 Å². The van der Waals surface area contributed by atoms with Crippen molar-refractivity contribution < 1.29 is 0 Å². The van der Waals surface area contributed by atoms with Crippen molar-refractivity contribution in [2.24, 2.45) is 16.7 Å². The fourth-order valence-corrected chi connectivity index (χ4v) is 5.04. The van der Waals surface area contributed by atoms with Crippen LogP contribution in [0, 0.1) is 16.7 Å². The third-order valence-corrected chi connectivity index (χ3v) is 7.01. The smallest absolute Gasteiger partial charge is 0.0499 e. The zero-order valence-electron chi connectivity index (χ0n) is 13.4. The predicted octanol–water partition coefficient (Wildman–Crippen LogP) is 4.47. The van der Waals surface area contributed by atoms with Gasteiger partial charge in [-0.1, -0.05) is 39.0 Å². The van der Waals surface area contributed by atoms with Crippen LogP contribution < -0.4 is 5.32 Å². The first-order valence-electron chi connectivity index (χ1n) is 8.31. The van der Waals surface area contributed by atoms with Crippen molar-refractivity contribution in [3.63, 3.8) is 0 Å². The highest BCUT2D eigenvalue weighted by molar-refractivity contribution is 5.82. The maximum atomic E-state index is 3.89. The maximum Gasteiger partial charge on any atom is 0.0499 e. The number of hydrogen-bond donors (Lipinski definition) is 2. The van der Waals surface area contributed by atoms with Gasteiger partial charge in [-0.2, -0.15) is 0 Å². The van der Waals surface area contributed by atoms with Gasteiger partial charge in [-0.05, 0) is 53.0 Å². The fourth-order valence-electron chi connectivity index (χ4n) is 5.04. The average molecular weight is 282 g/mol. The minimum absolute atomic E-state index is 0.460. The van der Waals surface area contributed by atoms with Gasteiger partial charge in [0.1, 0.15) is 0 Å². The molecule has 1 aromatic carbocycles. The number of benzene rings is 1.